The SMILES string of the molecule is O=C1C[C@H](C(=O)Nc2cc(Cl)ccc2Cl)c2ccccc2N1. The number of anilines is 2. The highest BCUT2D eigenvalue weighted by atomic mass is 35.5. The highest BCUT2D eigenvalue weighted by Gasteiger charge is 2.30. The van der Waals surface area contributed by atoms with E-state index >= 15 is 0 Å². The van der Waals surface area contributed by atoms with Crippen molar-refractivity contribution in [1.82, 2.24) is 0 Å². The van der Waals surface area contributed by atoms with Crippen molar-refractivity contribution in [3.63, 3.8) is 0 Å². The molecule has 1 heterocycles. The summed E-state index contributed by atoms with van der Waals surface area (Å²) < 4.78 is 0. The van der Waals surface area contributed by atoms with Crippen LogP contribution < -0.4 is 10.6 Å². The molecule has 22 heavy (non-hydrogen) atoms. The molecule has 1 atom stereocenters. The van der Waals surface area contributed by atoms with Gasteiger partial charge in [0.15, 0.2) is 0 Å². The van der Waals surface area contributed by atoms with E-state index in [0.29, 0.717) is 21.4 Å². The van der Waals surface area contributed by atoms with Crippen LogP contribution in [0.2, 0.25) is 10.0 Å². The minimum atomic E-state index is -0.556. The third kappa shape index (κ3) is 2.93. The molecule has 6 heteroatoms. The van der Waals surface area contributed by atoms with Gasteiger partial charge in [-0.2, -0.15) is 0 Å². The monoisotopic (exact) mass is 334 g/mol. The minimum absolute atomic E-state index is 0.0982. The molecule has 0 aliphatic carbocycles. The first-order valence-electron chi connectivity index (χ1n) is 6.69. The molecule has 0 unspecified atom stereocenters. The summed E-state index contributed by atoms with van der Waals surface area (Å²) >= 11 is 12.0. The fraction of sp³-hybridized carbons (Fsp3) is 0.125. The number of fused-ring (bicyclic) bond motifs is 1. The van der Waals surface area contributed by atoms with Crippen molar-refractivity contribution in [1.29, 1.82) is 0 Å². The zero-order valence-electron chi connectivity index (χ0n) is 11.4. The maximum atomic E-state index is 12.5. The van der Waals surface area contributed by atoms with E-state index in [9.17, 15) is 9.59 Å². The number of amides is 2. The number of rotatable bonds is 2. The molecule has 2 aromatic rings. The van der Waals surface area contributed by atoms with Gasteiger partial charge in [0, 0.05) is 17.1 Å². The topological polar surface area (TPSA) is 58.2 Å². The number of carbonyl (C=O) groups excluding carboxylic acids is 2. The fourth-order valence-corrected chi connectivity index (χ4v) is 2.80. The summed E-state index contributed by atoms with van der Waals surface area (Å²) in [4.78, 5) is 24.3. The Morgan fingerprint density at radius 2 is 1.95 bits per heavy atom. The highest BCUT2D eigenvalue weighted by Crippen LogP contribution is 2.34. The number of hydrogen-bond donors (Lipinski definition) is 2. The van der Waals surface area contributed by atoms with Gasteiger partial charge in [0.25, 0.3) is 0 Å². The van der Waals surface area contributed by atoms with E-state index in [1.165, 1.54) is 0 Å². The van der Waals surface area contributed by atoms with E-state index in [1.807, 2.05) is 18.2 Å². The van der Waals surface area contributed by atoms with Crippen molar-refractivity contribution in [2.75, 3.05) is 10.6 Å². The van der Waals surface area contributed by atoms with Crippen LogP contribution in [-0.4, -0.2) is 11.8 Å². The first-order chi connectivity index (χ1) is 10.5. The molecule has 112 valence electrons. The summed E-state index contributed by atoms with van der Waals surface area (Å²) in [5.41, 5.74) is 1.89. The lowest BCUT2D eigenvalue weighted by atomic mass is 9.90. The van der Waals surface area contributed by atoms with Gasteiger partial charge in [-0.1, -0.05) is 41.4 Å². The Hall–Kier alpha value is -2.04. The molecule has 0 bridgehead atoms. The third-order valence-corrected chi connectivity index (χ3v) is 4.07. The first-order valence-corrected chi connectivity index (χ1v) is 7.45. The Morgan fingerprint density at radius 1 is 1.18 bits per heavy atom. The van der Waals surface area contributed by atoms with Crippen LogP contribution in [0.25, 0.3) is 0 Å². The van der Waals surface area contributed by atoms with Gasteiger partial charge < -0.3 is 10.6 Å². The number of carbonyl (C=O) groups is 2. The van der Waals surface area contributed by atoms with E-state index in [-0.39, 0.29) is 18.2 Å². The summed E-state index contributed by atoms with van der Waals surface area (Å²) in [6.45, 7) is 0. The van der Waals surface area contributed by atoms with Crippen LogP contribution >= 0.6 is 23.2 Å². The van der Waals surface area contributed by atoms with E-state index in [2.05, 4.69) is 10.6 Å². The van der Waals surface area contributed by atoms with Crippen molar-refractivity contribution in [2.24, 2.45) is 0 Å². The second-order valence-electron chi connectivity index (χ2n) is 5.01. The quantitative estimate of drug-likeness (QED) is 0.870. The molecule has 0 spiro atoms. The van der Waals surface area contributed by atoms with Crippen LogP contribution in [0.15, 0.2) is 42.5 Å². The second kappa shape index (κ2) is 5.99. The Labute approximate surface area is 137 Å². The molecule has 1 aliphatic heterocycles. The number of benzene rings is 2. The molecule has 0 saturated heterocycles. The predicted octanol–water partition coefficient (Wildman–Crippen LogP) is 4.06. The van der Waals surface area contributed by atoms with Crippen LogP contribution in [0, 0.1) is 0 Å². The molecule has 0 fully saturated rings. The van der Waals surface area contributed by atoms with Crippen LogP contribution in [0.3, 0.4) is 0 Å². The third-order valence-electron chi connectivity index (χ3n) is 3.50. The zero-order valence-corrected chi connectivity index (χ0v) is 12.9. The van der Waals surface area contributed by atoms with Gasteiger partial charge in [0.05, 0.1) is 16.6 Å². The number of para-hydroxylation sites is 1. The van der Waals surface area contributed by atoms with Crippen molar-refractivity contribution < 1.29 is 9.59 Å². The van der Waals surface area contributed by atoms with Crippen molar-refractivity contribution >= 4 is 46.4 Å². The average Bonchev–Trinajstić information content (AvgIpc) is 2.50. The Morgan fingerprint density at radius 3 is 2.77 bits per heavy atom. The summed E-state index contributed by atoms with van der Waals surface area (Å²) in [5.74, 6) is -1.03. The van der Waals surface area contributed by atoms with Crippen molar-refractivity contribution in [3.05, 3.63) is 58.1 Å². The van der Waals surface area contributed by atoms with Crippen LogP contribution in [0.5, 0.6) is 0 Å². The lowest BCUT2D eigenvalue weighted by molar-refractivity contribution is -0.123. The van der Waals surface area contributed by atoms with Gasteiger partial charge in [-0.3, -0.25) is 9.59 Å². The summed E-state index contributed by atoms with van der Waals surface area (Å²) in [7, 11) is 0. The molecule has 2 amide bonds. The van der Waals surface area contributed by atoms with E-state index in [1.54, 1.807) is 24.3 Å². The summed E-state index contributed by atoms with van der Waals surface area (Å²) in [5, 5.41) is 6.38. The molecular formula is C16H12Cl2N2O2. The number of halogens is 2. The second-order valence-corrected chi connectivity index (χ2v) is 5.85. The van der Waals surface area contributed by atoms with Gasteiger partial charge >= 0.3 is 0 Å². The highest BCUT2D eigenvalue weighted by molar-refractivity contribution is 6.35. The molecular weight excluding hydrogens is 323 g/mol. The Bertz CT molecular complexity index is 762. The van der Waals surface area contributed by atoms with E-state index < -0.39 is 5.92 Å². The predicted molar refractivity (Wildman–Crippen MR) is 87.5 cm³/mol. The molecule has 1 aliphatic rings. The van der Waals surface area contributed by atoms with Gasteiger partial charge in [-0.25, -0.2) is 0 Å². The largest absolute Gasteiger partial charge is 0.326 e. The Kier molecular flexibility index (Phi) is 4.05. The smallest absolute Gasteiger partial charge is 0.232 e. The standard InChI is InChI=1S/C16H12Cl2N2O2/c17-9-5-6-12(18)14(7-9)20-16(22)11-8-15(21)19-13-4-2-1-3-10(11)13/h1-7,11H,8H2,(H,19,21)(H,20,22)/t11-/m0/s1. The molecule has 3 rings (SSSR count). The van der Waals surface area contributed by atoms with Gasteiger partial charge in [0.2, 0.25) is 11.8 Å². The molecule has 2 N–H and O–H groups in total. The normalized spacial score (nSPS) is 16.6. The Balaban J connectivity index is 1.89. The lowest BCUT2D eigenvalue weighted by Crippen LogP contribution is -2.30. The van der Waals surface area contributed by atoms with Crippen LogP contribution in [0.1, 0.15) is 17.9 Å². The number of nitrogens with one attached hydrogen (secondary N) is 2. The lowest BCUT2D eigenvalue weighted by Gasteiger charge is -2.24. The summed E-state index contributed by atoms with van der Waals surface area (Å²) in [6, 6.07) is 12.1. The van der Waals surface area contributed by atoms with Crippen LogP contribution in [-0.2, 0) is 9.59 Å². The minimum Gasteiger partial charge on any atom is -0.326 e. The molecule has 2 aromatic carbocycles. The van der Waals surface area contributed by atoms with E-state index in [4.69, 9.17) is 23.2 Å². The zero-order chi connectivity index (χ0) is 15.7. The number of hydrogen-bond acceptors (Lipinski definition) is 2. The van der Waals surface area contributed by atoms with Gasteiger partial charge in [-0.15, -0.1) is 0 Å². The van der Waals surface area contributed by atoms with E-state index in [0.717, 1.165) is 5.56 Å². The fourth-order valence-electron chi connectivity index (χ4n) is 2.46. The van der Waals surface area contributed by atoms with Crippen LogP contribution in [0.4, 0.5) is 11.4 Å². The van der Waals surface area contributed by atoms with Crippen molar-refractivity contribution in [3.8, 4) is 0 Å². The molecule has 0 saturated carbocycles. The first kappa shape index (κ1) is 14.9. The van der Waals surface area contributed by atoms with Gasteiger partial charge in [-0.05, 0) is 29.8 Å². The maximum Gasteiger partial charge on any atom is 0.232 e. The maximum absolute atomic E-state index is 12.5. The molecule has 0 aromatic heterocycles. The molecule has 0 radical (unpaired) electrons. The average molecular weight is 335 g/mol. The van der Waals surface area contributed by atoms with Gasteiger partial charge in [0.1, 0.15) is 0 Å². The van der Waals surface area contributed by atoms with Crippen molar-refractivity contribution in [2.45, 2.75) is 12.3 Å². The molecule has 4 nitrogen and oxygen atoms in total. The summed E-state index contributed by atoms with van der Waals surface area (Å²) in [6.07, 6.45) is 0.0982.